The number of hydrogen-bond acceptors (Lipinski definition) is 3. The minimum absolute atomic E-state index is 0.0344. The van der Waals surface area contributed by atoms with E-state index in [1.807, 2.05) is 12.3 Å². The van der Waals surface area contributed by atoms with Gasteiger partial charge in [0.25, 0.3) is 5.69 Å². The minimum atomic E-state index is -0.428. The van der Waals surface area contributed by atoms with Gasteiger partial charge in [0, 0.05) is 23.7 Å². The zero-order valence-electron chi connectivity index (χ0n) is 11.3. The Morgan fingerprint density at radius 3 is 2.47 bits per heavy atom. The molecule has 1 aromatic heterocycles. The van der Waals surface area contributed by atoms with Crippen molar-refractivity contribution in [3.8, 4) is 5.69 Å². The van der Waals surface area contributed by atoms with Crippen LogP contribution >= 0.6 is 0 Å². The van der Waals surface area contributed by atoms with Gasteiger partial charge in [-0.1, -0.05) is 20.8 Å². The van der Waals surface area contributed by atoms with Crippen molar-refractivity contribution in [3.63, 3.8) is 0 Å². The highest BCUT2D eigenvalue weighted by Gasteiger charge is 2.18. The smallest absolute Gasteiger partial charge is 0.258 e. The maximum atomic E-state index is 10.7. The molecular weight excluding hydrogens is 242 g/mol. The topological polar surface area (TPSA) is 61.0 Å². The van der Waals surface area contributed by atoms with Crippen LogP contribution in [0.15, 0.2) is 30.5 Å². The lowest BCUT2D eigenvalue weighted by atomic mass is 9.93. The Morgan fingerprint density at radius 2 is 2.00 bits per heavy atom. The second kappa shape index (κ2) is 4.50. The second-order valence-electron chi connectivity index (χ2n) is 5.47. The van der Waals surface area contributed by atoms with Crippen molar-refractivity contribution in [1.29, 1.82) is 0 Å². The van der Waals surface area contributed by atoms with Crippen LogP contribution in [0.2, 0.25) is 0 Å². The van der Waals surface area contributed by atoms with Crippen molar-refractivity contribution in [2.45, 2.75) is 26.2 Å². The molecule has 0 fully saturated rings. The maximum absolute atomic E-state index is 10.7. The van der Waals surface area contributed by atoms with E-state index in [9.17, 15) is 10.1 Å². The molecule has 0 saturated heterocycles. The number of hydrogen-bond donors (Lipinski definition) is 0. The van der Waals surface area contributed by atoms with Crippen LogP contribution in [-0.4, -0.2) is 14.7 Å². The van der Waals surface area contributed by atoms with E-state index in [0.29, 0.717) is 5.56 Å². The van der Waals surface area contributed by atoms with Crippen LogP contribution < -0.4 is 0 Å². The average Bonchev–Trinajstić information content (AvgIpc) is 2.77. The summed E-state index contributed by atoms with van der Waals surface area (Å²) in [7, 11) is 0. The molecule has 0 saturated carbocycles. The van der Waals surface area contributed by atoms with Crippen molar-refractivity contribution in [1.82, 2.24) is 9.78 Å². The van der Waals surface area contributed by atoms with Gasteiger partial charge in [-0.25, -0.2) is 4.68 Å². The standard InChI is InChI=1S/C14H16N3O2/c1-10-9-11(17(18)19)5-6-12(10)16-8-7-13(15-16)14(2,3)4/h5-9H,1H2,2-4H3. The van der Waals surface area contributed by atoms with Crippen molar-refractivity contribution in [2.24, 2.45) is 0 Å². The van der Waals surface area contributed by atoms with Crippen LogP contribution in [-0.2, 0) is 5.41 Å². The Bertz CT molecular complexity index is 624. The predicted molar refractivity (Wildman–Crippen MR) is 73.4 cm³/mol. The Balaban J connectivity index is 2.43. The Hall–Kier alpha value is -2.17. The molecule has 5 nitrogen and oxygen atoms in total. The lowest BCUT2D eigenvalue weighted by Gasteiger charge is -2.14. The molecule has 19 heavy (non-hydrogen) atoms. The maximum Gasteiger partial charge on any atom is 0.269 e. The van der Waals surface area contributed by atoms with Gasteiger partial charge in [-0.05, 0) is 24.6 Å². The van der Waals surface area contributed by atoms with Crippen LogP contribution in [0.1, 0.15) is 32.0 Å². The lowest BCUT2D eigenvalue weighted by molar-refractivity contribution is -0.384. The summed E-state index contributed by atoms with van der Waals surface area (Å²) in [5.74, 6) is 0. The minimum Gasteiger partial charge on any atom is -0.258 e. The van der Waals surface area contributed by atoms with Crippen molar-refractivity contribution in [2.75, 3.05) is 0 Å². The van der Waals surface area contributed by atoms with Gasteiger partial charge in [-0.3, -0.25) is 10.1 Å². The average molecular weight is 258 g/mol. The number of benzene rings is 1. The molecule has 0 bridgehead atoms. The molecule has 1 heterocycles. The van der Waals surface area contributed by atoms with Gasteiger partial charge in [0.1, 0.15) is 0 Å². The molecule has 0 spiro atoms. The zero-order chi connectivity index (χ0) is 14.2. The van der Waals surface area contributed by atoms with E-state index in [-0.39, 0.29) is 11.1 Å². The van der Waals surface area contributed by atoms with Gasteiger partial charge in [-0.15, -0.1) is 0 Å². The fraction of sp³-hybridized carbons (Fsp3) is 0.286. The lowest BCUT2D eigenvalue weighted by Crippen LogP contribution is -2.12. The van der Waals surface area contributed by atoms with E-state index in [2.05, 4.69) is 32.8 Å². The fourth-order valence-corrected chi connectivity index (χ4v) is 1.77. The summed E-state index contributed by atoms with van der Waals surface area (Å²) < 4.78 is 1.70. The quantitative estimate of drug-likeness (QED) is 0.613. The fourth-order valence-electron chi connectivity index (χ4n) is 1.77. The molecule has 99 valence electrons. The summed E-state index contributed by atoms with van der Waals surface area (Å²) in [6.45, 7) is 10.1. The number of rotatable bonds is 2. The van der Waals surface area contributed by atoms with Crippen LogP contribution in [0.25, 0.3) is 5.69 Å². The molecule has 0 aliphatic rings. The number of nitro groups is 1. The molecule has 2 rings (SSSR count). The molecule has 0 N–H and O–H groups in total. The summed E-state index contributed by atoms with van der Waals surface area (Å²) in [5, 5.41) is 15.2. The van der Waals surface area contributed by atoms with E-state index in [1.54, 1.807) is 10.7 Å². The van der Waals surface area contributed by atoms with Gasteiger partial charge < -0.3 is 0 Å². The first-order valence-electron chi connectivity index (χ1n) is 5.96. The van der Waals surface area contributed by atoms with Crippen molar-refractivity contribution < 1.29 is 4.92 Å². The summed E-state index contributed by atoms with van der Waals surface area (Å²) in [6.07, 6.45) is 1.84. The van der Waals surface area contributed by atoms with Crippen molar-refractivity contribution >= 4 is 5.69 Å². The van der Waals surface area contributed by atoms with Gasteiger partial charge in [-0.2, -0.15) is 5.10 Å². The largest absolute Gasteiger partial charge is 0.269 e. The summed E-state index contributed by atoms with van der Waals surface area (Å²) in [6, 6.07) is 6.52. The van der Waals surface area contributed by atoms with Crippen LogP contribution in [0.3, 0.4) is 0 Å². The first-order valence-corrected chi connectivity index (χ1v) is 5.96. The monoisotopic (exact) mass is 258 g/mol. The molecule has 1 aromatic carbocycles. The number of nitro benzene ring substituents is 1. The van der Waals surface area contributed by atoms with Crippen LogP contribution in [0, 0.1) is 17.0 Å². The number of aromatic nitrogens is 2. The second-order valence-corrected chi connectivity index (χ2v) is 5.47. The molecule has 0 unspecified atom stereocenters. The van der Waals surface area contributed by atoms with Gasteiger partial charge in [0.05, 0.1) is 16.3 Å². The Labute approximate surface area is 112 Å². The van der Waals surface area contributed by atoms with E-state index >= 15 is 0 Å². The SMILES string of the molecule is [CH2]c1cc([N+](=O)[O-])ccc1-n1ccc(C(C)(C)C)n1. The van der Waals surface area contributed by atoms with Gasteiger partial charge >= 0.3 is 0 Å². The number of nitrogens with zero attached hydrogens (tertiary/aromatic N) is 3. The van der Waals surface area contributed by atoms with Crippen LogP contribution in [0.4, 0.5) is 5.69 Å². The van der Waals surface area contributed by atoms with E-state index in [0.717, 1.165) is 11.4 Å². The molecule has 0 aliphatic heterocycles. The highest BCUT2D eigenvalue weighted by Crippen LogP contribution is 2.23. The number of non-ortho nitro benzene ring substituents is 1. The third-order valence-electron chi connectivity index (χ3n) is 2.88. The molecule has 0 aliphatic carbocycles. The Kier molecular flexibility index (Phi) is 3.14. The third-order valence-corrected chi connectivity index (χ3v) is 2.88. The normalized spacial score (nSPS) is 11.6. The van der Waals surface area contributed by atoms with E-state index in [4.69, 9.17) is 0 Å². The van der Waals surface area contributed by atoms with Gasteiger partial charge in [0.15, 0.2) is 0 Å². The summed E-state index contributed by atoms with van der Waals surface area (Å²) in [5.41, 5.74) is 2.30. The predicted octanol–water partition coefficient (Wildman–Crippen LogP) is 3.26. The first-order chi connectivity index (χ1) is 8.79. The molecule has 2 aromatic rings. The molecule has 1 radical (unpaired) electrons. The molecule has 5 heteroatoms. The highest BCUT2D eigenvalue weighted by atomic mass is 16.6. The van der Waals surface area contributed by atoms with E-state index in [1.165, 1.54) is 12.1 Å². The third kappa shape index (κ3) is 2.65. The molecule has 0 amide bonds. The zero-order valence-corrected chi connectivity index (χ0v) is 11.3. The summed E-state index contributed by atoms with van der Waals surface area (Å²) >= 11 is 0. The first kappa shape index (κ1) is 13.3. The van der Waals surface area contributed by atoms with E-state index < -0.39 is 4.92 Å². The summed E-state index contributed by atoms with van der Waals surface area (Å²) in [4.78, 5) is 10.3. The Morgan fingerprint density at radius 1 is 1.32 bits per heavy atom. The molecule has 0 atom stereocenters. The van der Waals surface area contributed by atoms with Gasteiger partial charge in [0.2, 0.25) is 0 Å². The highest BCUT2D eigenvalue weighted by molar-refractivity contribution is 5.49. The molecular formula is C14H16N3O2. The van der Waals surface area contributed by atoms with Crippen molar-refractivity contribution in [3.05, 3.63) is 58.8 Å². The van der Waals surface area contributed by atoms with Crippen LogP contribution in [0.5, 0.6) is 0 Å².